The maximum atomic E-state index is 12.7. The standard InChI is InChI=1S/C20H26N2O6S/c1-14(20(23)21-13-15-6-9-17(26-2)10-7-15)22(29(5,24)25)16-8-11-18(27-3)19(12-16)28-4/h6-12,14H,13H2,1-5H3,(H,21,23). The molecule has 29 heavy (non-hydrogen) atoms. The van der Waals surface area contributed by atoms with Crippen molar-refractivity contribution in [3.63, 3.8) is 0 Å². The number of carbonyl (C=O) groups excluding carboxylic acids is 1. The third-order valence-corrected chi connectivity index (χ3v) is 5.58. The minimum Gasteiger partial charge on any atom is -0.497 e. The summed E-state index contributed by atoms with van der Waals surface area (Å²) < 4.78 is 41.5. The van der Waals surface area contributed by atoms with Gasteiger partial charge in [-0.15, -0.1) is 0 Å². The van der Waals surface area contributed by atoms with E-state index in [9.17, 15) is 13.2 Å². The molecule has 1 atom stereocenters. The lowest BCUT2D eigenvalue weighted by Crippen LogP contribution is -2.47. The smallest absolute Gasteiger partial charge is 0.243 e. The molecule has 1 amide bonds. The van der Waals surface area contributed by atoms with Gasteiger partial charge in [-0.1, -0.05) is 12.1 Å². The van der Waals surface area contributed by atoms with Crippen molar-refractivity contribution in [2.45, 2.75) is 19.5 Å². The summed E-state index contributed by atoms with van der Waals surface area (Å²) in [6.07, 6.45) is 1.05. The van der Waals surface area contributed by atoms with Crippen molar-refractivity contribution < 1.29 is 27.4 Å². The predicted octanol–water partition coefficient (Wildman–Crippen LogP) is 2.18. The molecule has 2 aromatic carbocycles. The molecule has 2 aromatic rings. The maximum Gasteiger partial charge on any atom is 0.243 e. The molecule has 0 radical (unpaired) electrons. The lowest BCUT2D eigenvalue weighted by atomic mass is 10.2. The van der Waals surface area contributed by atoms with Crippen LogP contribution in [-0.2, 0) is 21.4 Å². The zero-order valence-electron chi connectivity index (χ0n) is 17.1. The number of nitrogens with zero attached hydrogens (tertiary/aromatic N) is 1. The predicted molar refractivity (Wildman–Crippen MR) is 111 cm³/mol. The summed E-state index contributed by atoms with van der Waals surface area (Å²) in [7, 11) is 0.780. The first-order valence-electron chi connectivity index (χ1n) is 8.83. The number of amides is 1. The Balaban J connectivity index is 2.22. The Bertz CT molecular complexity index is 944. The molecule has 0 aliphatic rings. The zero-order valence-corrected chi connectivity index (χ0v) is 17.9. The maximum absolute atomic E-state index is 12.7. The van der Waals surface area contributed by atoms with Gasteiger partial charge in [-0.3, -0.25) is 9.10 Å². The van der Waals surface area contributed by atoms with Crippen LogP contribution in [0.4, 0.5) is 5.69 Å². The van der Waals surface area contributed by atoms with Crippen LogP contribution < -0.4 is 23.8 Å². The highest BCUT2D eigenvalue weighted by Gasteiger charge is 2.29. The Kier molecular flexibility index (Phi) is 7.33. The van der Waals surface area contributed by atoms with Crippen LogP contribution in [0.5, 0.6) is 17.2 Å². The van der Waals surface area contributed by atoms with Crippen molar-refractivity contribution in [3.05, 3.63) is 48.0 Å². The minimum absolute atomic E-state index is 0.261. The van der Waals surface area contributed by atoms with Crippen LogP contribution in [0.3, 0.4) is 0 Å². The average Bonchev–Trinajstić information content (AvgIpc) is 2.71. The van der Waals surface area contributed by atoms with Crippen LogP contribution in [0.15, 0.2) is 42.5 Å². The Labute approximate surface area is 171 Å². The van der Waals surface area contributed by atoms with Crippen LogP contribution in [0, 0.1) is 0 Å². The molecular formula is C20H26N2O6S. The summed E-state index contributed by atoms with van der Waals surface area (Å²) in [5.74, 6) is 1.11. The molecule has 0 spiro atoms. The van der Waals surface area contributed by atoms with Crippen molar-refractivity contribution in [2.24, 2.45) is 0 Å². The number of sulfonamides is 1. The van der Waals surface area contributed by atoms with Gasteiger partial charge in [0.15, 0.2) is 11.5 Å². The van der Waals surface area contributed by atoms with Gasteiger partial charge in [-0.2, -0.15) is 0 Å². The summed E-state index contributed by atoms with van der Waals surface area (Å²) in [6, 6.07) is 10.9. The van der Waals surface area contributed by atoms with Crippen LogP contribution in [-0.4, -0.2) is 48.0 Å². The number of methoxy groups -OCH3 is 3. The number of benzene rings is 2. The van der Waals surface area contributed by atoms with Gasteiger partial charge in [-0.05, 0) is 36.8 Å². The normalized spacial score (nSPS) is 12.0. The lowest BCUT2D eigenvalue weighted by molar-refractivity contribution is -0.122. The Morgan fingerprint density at radius 1 is 1.00 bits per heavy atom. The van der Waals surface area contributed by atoms with E-state index in [0.29, 0.717) is 22.9 Å². The van der Waals surface area contributed by atoms with E-state index in [1.807, 2.05) is 12.1 Å². The van der Waals surface area contributed by atoms with E-state index in [2.05, 4.69) is 5.32 Å². The fourth-order valence-electron chi connectivity index (χ4n) is 2.85. The van der Waals surface area contributed by atoms with E-state index < -0.39 is 22.0 Å². The first-order valence-corrected chi connectivity index (χ1v) is 10.7. The first kappa shape index (κ1) is 22.4. The molecule has 9 heteroatoms. The SMILES string of the molecule is COc1ccc(CNC(=O)C(C)N(c2ccc(OC)c(OC)c2)S(C)(=O)=O)cc1. The molecule has 0 aromatic heterocycles. The molecule has 2 rings (SSSR count). The van der Waals surface area contributed by atoms with Crippen molar-refractivity contribution in [1.29, 1.82) is 0 Å². The van der Waals surface area contributed by atoms with E-state index in [-0.39, 0.29) is 6.54 Å². The Morgan fingerprint density at radius 2 is 1.62 bits per heavy atom. The van der Waals surface area contributed by atoms with Gasteiger partial charge in [0.25, 0.3) is 0 Å². The van der Waals surface area contributed by atoms with E-state index >= 15 is 0 Å². The van der Waals surface area contributed by atoms with Crippen molar-refractivity contribution in [2.75, 3.05) is 31.9 Å². The number of hydrogen-bond donors (Lipinski definition) is 1. The molecule has 0 saturated carbocycles. The molecule has 1 N–H and O–H groups in total. The molecule has 0 aliphatic heterocycles. The number of hydrogen-bond acceptors (Lipinski definition) is 6. The van der Waals surface area contributed by atoms with Crippen LogP contribution in [0.2, 0.25) is 0 Å². The second-order valence-electron chi connectivity index (χ2n) is 6.34. The number of rotatable bonds is 9. The van der Waals surface area contributed by atoms with E-state index in [1.165, 1.54) is 27.2 Å². The van der Waals surface area contributed by atoms with E-state index in [4.69, 9.17) is 14.2 Å². The summed E-state index contributed by atoms with van der Waals surface area (Å²) in [5.41, 5.74) is 1.17. The number of nitrogens with one attached hydrogen (secondary N) is 1. The van der Waals surface area contributed by atoms with Gasteiger partial charge in [0.05, 0.1) is 33.3 Å². The monoisotopic (exact) mass is 422 g/mol. The third-order valence-electron chi connectivity index (χ3n) is 4.34. The molecule has 0 aliphatic carbocycles. The molecule has 8 nitrogen and oxygen atoms in total. The van der Waals surface area contributed by atoms with Gasteiger partial charge in [0.2, 0.25) is 15.9 Å². The van der Waals surface area contributed by atoms with Crippen molar-refractivity contribution >= 4 is 21.6 Å². The quantitative estimate of drug-likeness (QED) is 0.666. The van der Waals surface area contributed by atoms with Crippen LogP contribution >= 0.6 is 0 Å². The van der Waals surface area contributed by atoms with Crippen molar-refractivity contribution in [3.8, 4) is 17.2 Å². The molecule has 1 unspecified atom stereocenters. The molecule has 0 bridgehead atoms. The van der Waals surface area contributed by atoms with Crippen molar-refractivity contribution in [1.82, 2.24) is 5.32 Å². The highest BCUT2D eigenvalue weighted by molar-refractivity contribution is 7.92. The second-order valence-corrected chi connectivity index (χ2v) is 8.20. The highest BCUT2D eigenvalue weighted by atomic mass is 32.2. The minimum atomic E-state index is -3.74. The fraction of sp³-hybridized carbons (Fsp3) is 0.350. The first-order chi connectivity index (χ1) is 13.7. The van der Waals surface area contributed by atoms with Crippen LogP contribution in [0.25, 0.3) is 0 Å². The van der Waals surface area contributed by atoms with Gasteiger partial charge in [0, 0.05) is 12.6 Å². The van der Waals surface area contributed by atoms with Gasteiger partial charge in [-0.25, -0.2) is 8.42 Å². The Morgan fingerprint density at radius 3 is 2.14 bits per heavy atom. The third kappa shape index (κ3) is 5.54. The fourth-order valence-corrected chi connectivity index (χ4v) is 4.02. The lowest BCUT2D eigenvalue weighted by Gasteiger charge is -2.28. The van der Waals surface area contributed by atoms with Gasteiger partial charge in [0.1, 0.15) is 11.8 Å². The molecular weight excluding hydrogens is 396 g/mol. The molecule has 0 heterocycles. The molecule has 158 valence electrons. The zero-order chi connectivity index (χ0) is 21.6. The second kappa shape index (κ2) is 9.51. The summed E-state index contributed by atoms with van der Waals surface area (Å²) in [4.78, 5) is 12.7. The summed E-state index contributed by atoms with van der Waals surface area (Å²) in [5, 5.41) is 2.77. The van der Waals surface area contributed by atoms with Crippen LogP contribution in [0.1, 0.15) is 12.5 Å². The highest BCUT2D eigenvalue weighted by Crippen LogP contribution is 2.33. The summed E-state index contributed by atoms with van der Waals surface area (Å²) in [6.45, 7) is 1.79. The topological polar surface area (TPSA) is 94.2 Å². The number of carbonyl (C=O) groups is 1. The molecule has 0 saturated heterocycles. The van der Waals surface area contributed by atoms with E-state index in [1.54, 1.807) is 31.4 Å². The van der Waals surface area contributed by atoms with Gasteiger partial charge < -0.3 is 19.5 Å². The van der Waals surface area contributed by atoms with Gasteiger partial charge >= 0.3 is 0 Å². The number of ether oxygens (including phenoxy) is 3. The Hall–Kier alpha value is -2.94. The number of anilines is 1. The van der Waals surface area contributed by atoms with E-state index in [0.717, 1.165) is 16.1 Å². The largest absolute Gasteiger partial charge is 0.497 e. The average molecular weight is 423 g/mol. The molecule has 0 fully saturated rings. The summed E-state index contributed by atoms with van der Waals surface area (Å²) >= 11 is 0.